The van der Waals surface area contributed by atoms with Gasteiger partial charge in [-0.3, -0.25) is 4.79 Å². The molecule has 4 N–H and O–H groups in total. The van der Waals surface area contributed by atoms with E-state index in [-0.39, 0.29) is 11.5 Å². The number of anilines is 1. The molecule has 0 saturated heterocycles. The molecule has 9 heteroatoms. The van der Waals surface area contributed by atoms with Crippen LogP contribution in [0.3, 0.4) is 0 Å². The first-order chi connectivity index (χ1) is 11.1. The number of benzene rings is 1. The fraction of sp³-hybridized carbons (Fsp3) is 0.357. The number of rotatable bonds is 8. The molecule has 2 rings (SSSR count). The topological polar surface area (TPSA) is 115 Å². The number of hydrogen-bond donors (Lipinski definition) is 3. The number of amides is 1. The second-order valence-corrected chi connectivity index (χ2v) is 5.48. The van der Waals surface area contributed by atoms with Crippen molar-refractivity contribution in [2.24, 2.45) is 0 Å². The lowest BCUT2D eigenvalue weighted by molar-refractivity contribution is 0.0944. The molecule has 0 spiro atoms. The Labute approximate surface area is 141 Å². The number of nitrogens with two attached hydrogens (primary N) is 1. The van der Waals surface area contributed by atoms with Crippen molar-refractivity contribution in [1.82, 2.24) is 20.9 Å². The van der Waals surface area contributed by atoms with E-state index in [1.54, 1.807) is 0 Å². The van der Waals surface area contributed by atoms with E-state index in [0.29, 0.717) is 26.2 Å². The average molecular weight is 384 g/mol. The predicted molar refractivity (Wildman–Crippen MR) is 88.1 cm³/mol. The smallest absolute Gasteiger partial charge is 0.277 e. The van der Waals surface area contributed by atoms with E-state index < -0.39 is 5.91 Å². The molecule has 0 aliphatic heterocycles. The molecule has 0 fully saturated rings. The van der Waals surface area contributed by atoms with E-state index in [1.165, 1.54) is 0 Å². The van der Waals surface area contributed by atoms with Crippen LogP contribution >= 0.6 is 15.9 Å². The number of nitrogens with zero attached hydrogens (tertiary/aromatic N) is 2. The van der Waals surface area contributed by atoms with Crippen LogP contribution in [0.5, 0.6) is 5.75 Å². The lowest BCUT2D eigenvalue weighted by Crippen LogP contribution is -2.32. The standard InChI is InChI=1S/C14H18BrN5O3/c1-2-22-11-4-3-9(7-10(11)15)8-17-5-6-18-14(21)12-13(16)20-23-19-12/h3-4,7,17H,2,5-6,8H2,1H3,(H2,16,20)(H,18,21). The van der Waals surface area contributed by atoms with Gasteiger partial charge in [-0.15, -0.1) is 0 Å². The van der Waals surface area contributed by atoms with Crippen molar-refractivity contribution in [2.75, 3.05) is 25.4 Å². The Morgan fingerprint density at radius 2 is 2.22 bits per heavy atom. The Hall–Kier alpha value is -2.13. The van der Waals surface area contributed by atoms with Crippen molar-refractivity contribution in [3.63, 3.8) is 0 Å². The lowest BCUT2D eigenvalue weighted by atomic mass is 10.2. The SMILES string of the molecule is CCOc1ccc(CNCCNC(=O)c2nonc2N)cc1Br. The van der Waals surface area contributed by atoms with Crippen LogP contribution in [0.4, 0.5) is 5.82 Å². The fourth-order valence-corrected chi connectivity index (χ4v) is 2.40. The van der Waals surface area contributed by atoms with Gasteiger partial charge in [0.15, 0.2) is 0 Å². The van der Waals surface area contributed by atoms with Crippen LogP contribution in [0.25, 0.3) is 0 Å². The summed E-state index contributed by atoms with van der Waals surface area (Å²) in [7, 11) is 0. The molecule has 1 aromatic heterocycles. The van der Waals surface area contributed by atoms with Crippen LogP contribution in [-0.4, -0.2) is 35.9 Å². The molecule has 124 valence electrons. The highest BCUT2D eigenvalue weighted by Gasteiger charge is 2.14. The highest BCUT2D eigenvalue weighted by Crippen LogP contribution is 2.25. The zero-order chi connectivity index (χ0) is 16.7. The summed E-state index contributed by atoms with van der Waals surface area (Å²) in [5, 5.41) is 12.7. The summed E-state index contributed by atoms with van der Waals surface area (Å²) in [6.45, 7) is 4.28. The second-order valence-electron chi connectivity index (χ2n) is 4.63. The summed E-state index contributed by atoms with van der Waals surface area (Å²) in [5.74, 6) is 0.395. The number of nitrogen functional groups attached to an aromatic ring is 1. The van der Waals surface area contributed by atoms with Crippen LogP contribution in [0, 0.1) is 0 Å². The Morgan fingerprint density at radius 1 is 1.39 bits per heavy atom. The molecule has 0 saturated carbocycles. The van der Waals surface area contributed by atoms with Gasteiger partial charge < -0.3 is 21.1 Å². The number of carbonyl (C=O) groups excluding carboxylic acids is 1. The van der Waals surface area contributed by atoms with Gasteiger partial charge in [0.05, 0.1) is 11.1 Å². The van der Waals surface area contributed by atoms with Gasteiger partial charge in [-0.05, 0) is 50.9 Å². The normalized spacial score (nSPS) is 10.5. The van der Waals surface area contributed by atoms with Gasteiger partial charge in [0.1, 0.15) is 5.75 Å². The molecule has 8 nitrogen and oxygen atoms in total. The lowest BCUT2D eigenvalue weighted by Gasteiger charge is -2.09. The minimum atomic E-state index is -0.408. The number of ether oxygens (including phenoxy) is 1. The minimum absolute atomic E-state index is 0.000411. The van der Waals surface area contributed by atoms with Crippen LogP contribution in [0.15, 0.2) is 27.3 Å². The predicted octanol–water partition coefficient (Wildman–Crippen LogP) is 1.33. The summed E-state index contributed by atoms with van der Waals surface area (Å²) in [6, 6.07) is 5.91. The summed E-state index contributed by atoms with van der Waals surface area (Å²) in [6.07, 6.45) is 0. The van der Waals surface area contributed by atoms with E-state index in [1.807, 2.05) is 25.1 Å². The molecule has 0 aliphatic carbocycles. The first kappa shape index (κ1) is 17.2. The summed E-state index contributed by atoms with van der Waals surface area (Å²) in [5.41, 5.74) is 6.55. The molecular formula is C14H18BrN5O3. The van der Waals surface area contributed by atoms with Crippen molar-refractivity contribution < 1.29 is 14.2 Å². The maximum absolute atomic E-state index is 11.7. The first-order valence-corrected chi connectivity index (χ1v) is 7.89. The third-order valence-corrected chi connectivity index (χ3v) is 3.56. The maximum atomic E-state index is 11.7. The molecule has 0 aliphatic rings. The van der Waals surface area contributed by atoms with Gasteiger partial charge in [-0.25, -0.2) is 4.63 Å². The van der Waals surface area contributed by atoms with Crippen LogP contribution < -0.4 is 21.1 Å². The van der Waals surface area contributed by atoms with Crippen molar-refractivity contribution in [3.8, 4) is 5.75 Å². The zero-order valence-electron chi connectivity index (χ0n) is 12.6. The molecule has 0 radical (unpaired) electrons. The Bertz CT molecular complexity index is 662. The number of carbonyl (C=O) groups is 1. The first-order valence-electron chi connectivity index (χ1n) is 7.10. The fourth-order valence-electron chi connectivity index (χ4n) is 1.86. The van der Waals surface area contributed by atoms with E-state index in [4.69, 9.17) is 10.5 Å². The molecule has 1 aromatic carbocycles. The molecule has 0 atom stereocenters. The van der Waals surface area contributed by atoms with Crippen LogP contribution in [-0.2, 0) is 6.54 Å². The van der Waals surface area contributed by atoms with Gasteiger partial charge >= 0.3 is 0 Å². The third-order valence-electron chi connectivity index (χ3n) is 2.94. The molecule has 23 heavy (non-hydrogen) atoms. The quantitative estimate of drug-likeness (QED) is 0.588. The second kappa shape index (κ2) is 8.49. The third kappa shape index (κ3) is 4.93. The van der Waals surface area contributed by atoms with Crippen molar-refractivity contribution in [3.05, 3.63) is 33.9 Å². The van der Waals surface area contributed by atoms with E-state index in [0.717, 1.165) is 15.8 Å². The monoisotopic (exact) mass is 383 g/mol. The molecule has 2 aromatic rings. The highest BCUT2D eigenvalue weighted by atomic mass is 79.9. The van der Waals surface area contributed by atoms with Crippen molar-refractivity contribution >= 4 is 27.7 Å². The molecule has 0 unspecified atom stereocenters. The minimum Gasteiger partial charge on any atom is -0.493 e. The zero-order valence-corrected chi connectivity index (χ0v) is 14.2. The van der Waals surface area contributed by atoms with Crippen LogP contribution in [0.1, 0.15) is 23.0 Å². The molecule has 0 bridgehead atoms. The van der Waals surface area contributed by atoms with Crippen molar-refractivity contribution in [1.29, 1.82) is 0 Å². The van der Waals surface area contributed by atoms with E-state index in [9.17, 15) is 4.79 Å². The average Bonchev–Trinajstić information content (AvgIpc) is 2.95. The number of hydrogen-bond acceptors (Lipinski definition) is 7. The molecule has 1 heterocycles. The summed E-state index contributed by atoms with van der Waals surface area (Å²) in [4.78, 5) is 11.7. The van der Waals surface area contributed by atoms with Gasteiger partial charge in [0.2, 0.25) is 11.5 Å². The number of aromatic nitrogens is 2. The number of nitrogens with one attached hydrogen (secondary N) is 2. The van der Waals surface area contributed by atoms with Gasteiger partial charge in [-0.2, -0.15) is 0 Å². The summed E-state index contributed by atoms with van der Waals surface area (Å²) < 4.78 is 10.8. The Kier molecular flexibility index (Phi) is 6.36. The van der Waals surface area contributed by atoms with Crippen molar-refractivity contribution in [2.45, 2.75) is 13.5 Å². The van der Waals surface area contributed by atoms with E-state index >= 15 is 0 Å². The number of halogens is 1. The summed E-state index contributed by atoms with van der Waals surface area (Å²) >= 11 is 3.48. The Morgan fingerprint density at radius 3 is 2.87 bits per heavy atom. The highest BCUT2D eigenvalue weighted by molar-refractivity contribution is 9.10. The van der Waals surface area contributed by atoms with Crippen LogP contribution in [0.2, 0.25) is 0 Å². The van der Waals surface area contributed by atoms with Gasteiger partial charge in [0.25, 0.3) is 5.91 Å². The molecule has 1 amide bonds. The van der Waals surface area contributed by atoms with Gasteiger partial charge in [-0.1, -0.05) is 6.07 Å². The van der Waals surface area contributed by atoms with Gasteiger partial charge in [0, 0.05) is 19.6 Å². The largest absolute Gasteiger partial charge is 0.493 e. The maximum Gasteiger partial charge on any atom is 0.277 e. The Balaban J connectivity index is 1.70. The van der Waals surface area contributed by atoms with E-state index in [2.05, 4.69) is 41.5 Å². The molecular weight excluding hydrogens is 366 g/mol.